The van der Waals surface area contributed by atoms with Gasteiger partial charge in [0.2, 0.25) is 0 Å². The summed E-state index contributed by atoms with van der Waals surface area (Å²) in [5, 5.41) is 3.25. The first kappa shape index (κ1) is 25.5. The standard InChI is InChI=1S/C26H33NO7/c1-14(2)34-19-10-8-7-9-17(19)22-21(26(30)33-12-11-31-5)16(4)27-18-13-15(3)20(25(29)32-6)24(28)23(18)22/h7-10,14-15,20,22,27H,11-13H2,1-6H3/t15-,20+,22+/m0/s1. The number of ether oxygens (including phenoxy) is 4. The molecule has 184 valence electrons. The number of Topliss-reactive ketones (excluding diaryl/α,β-unsaturated/α-hetero) is 1. The molecule has 0 saturated heterocycles. The number of carbonyl (C=O) groups is 3. The number of dihydropyridines is 1. The number of methoxy groups -OCH3 is 2. The van der Waals surface area contributed by atoms with Crippen molar-refractivity contribution in [2.75, 3.05) is 27.4 Å². The number of ketones is 1. The highest BCUT2D eigenvalue weighted by Crippen LogP contribution is 2.47. The highest BCUT2D eigenvalue weighted by atomic mass is 16.6. The molecule has 1 aliphatic heterocycles. The Kier molecular flexibility index (Phi) is 8.15. The Labute approximate surface area is 200 Å². The zero-order valence-corrected chi connectivity index (χ0v) is 20.6. The molecule has 1 N–H and O–H groups in total. The predicted octanol–water partition coefficient (Wildman–Crippen LogP) is 3.28. The van der Waals surface area contributed by atoms with E-state index in [2.05, 4.69) is 5.32 Å². The van der Waals surface area contributed by atoms with E-state index in [0.717, 1.165) is 0 Å². The monoisotopic (exact) mass is 471 g/mol. The lowest BCUT2D eigenvalue weighted by Gasteiger charge is -2.38. The van der Waals surface area contributed by atoms with Gasteiger partial charge in [0.1, 0.15) is 18.3 Å². The van der Waals surface area contributed by atoms with Crippen molar-refractivity contribution in [1.82, 2.24) is 5.32 Å². The van der Waals surface area contributed by atoms with E-state index in [4.69, 9.17) is 18.9 Å². The van der Waals surface area contributed by atoms with Crippen LogP contribution in [0.25, 0.3) is 0 Å². The Morgan fingerprint density at radius 1 is 1.15 bits per heavy atom. The lowest BCUT2D eigenvalue weighted by molar-refractivity contribution is -0.151. The predicted molar refractivity (Wildman–Crippen MR) is 125 cm³/mol. The van der Waals surface area contributed by atoms with Crippen LogP contribution in [-0.4, -0.2) is 51.3 Å². The number of hydrogen-bond acceptors (Lipinski definition) is 8. The molecule has 0 unspecified atom stereocenters. The van der Waals surface area contributed by atoms with Crippen LogP contribution in [0.15, 0.2) is 46.8 Å². The van der Waals surface area contributed by atoms with E-state index >= 15 is 0 Å². The average Bonchev–Trinajstić information content (AvgIpc) is 2.78. The fourth-order valence-electron chi connectivity index (χ4n) is 4.64. The first-order valence-electron chi connectivity index (χ1n) is 11.5. The van der Waals surface area contributed by atoms with Crippen LogP contribution in [0.1, 0.15) is 45.6 Å². The third-order valence-electron chi connectivity index (χ3n) is 6.08. The molecule has 3 atom stereocenters. The van der Waals surface area contributed by atoms with Crippen molar-refractivity contribution in [3.05, 3.63) is 52.4 Å². The first-order chi connectivity index (χ1) is 16.2. The summed E-state index contributed by atoms with van der Waals surface area (Å²) in [4.78, 5) is 39.6. The molecule has 2 aliphatic rings. The number of allylic oxidation sites excluding steroid dienone is 3. The Hall–Kier alpha value is -3.13. The van der Waals surface area contributed by atoms with Crippen molar-refractivity contribution in [3.8, 4) is 5.75 Å². The highest BCUT2D eigenvalue weighted by Gasteiger charge is 2.47. The number of carbonyl (C=O) groups excluding carboxylic acids is 3. The summed E-state index contributed by atoms with van der Waals surface area (Å²) in [6.45, 7) is 7.78. The van der Waals surface area contributed by atoms with Gasteiger partial charge in [-0.1, -0.05) is 25.1 Å². The maximum Gasteiger partial charge on any atom is 0.336 e. The van der Waals surface area contributed by atoms with Crippen LogP contribution in [0.3, 0.4) is 0 Å². The van der Waals surface area contributed by atoms with E-state index in [1.54, 1.807) is 6.92 Å². The summed E-state index contributed by atoms with van der Waals surface area (Å²) >= 11 is 0. The quantitative estimate of drug-likeness (QED) is 0.350. The van der Waals surface area contributed by atoms with Crippen molar-refractivity contribution in [2.24, 2.45) is 11.8 Å². The van der Waals surface area contributed by atoms with Crippen molar-refractivity contribution in [2.45, 2.75) is 46.1 Å². The zero-order chi connectivity index (χ0) is 25.0. The molecule has 1 heterocycles. The molecule has 0 fully saturated rings. The number of benzene rings is 1. The number of rotatable bonds is 8. The SMILES string of the molecule is COCCOC(=O)C1=C(C)NC2=C(C(=O)[C@H](C(=O)OC)[C@@H](C)C2)[C@@H]1c1ccccc1OC(C)C. The maximum atomic E-state index is 13.8. The van der Waals surface area contributed by atoms with Crippen molar-refractivity contribution < 1.29 is 33.3 Å². The van der Waals surface area contributed by atoms with Crippen LogP contribution in [0.4, 0.5) is 0 Å². The molecular formula is C26H33NO7. The van der Waals surface area contributed by atoms with Crippen molar-refractivity contribution in [3.63, 3.8) is 0 Å². The summed E-state index contributed by atoms with van der Waals surface area (Å²) in [5.74, 6) is -2.88. The molecule has 1 aromatic rings. The molecule has 0 spiro atoms. The van der Waals surface area contributed by atoms with Gasteiger partial charge in [-0.3, -0.25) is 9.59 Å². The number of hydrogen-bond donors (Lipinski definition) is 1. The second-order valence-electron chi connectivity index (χ2n) is 8.87. The van der Waals surface area contributed by atoms with Gasteiger partial charge >= 0.3 is 11.9 Å². The summed E-state index contributed by atoms with van der Waals surface area (Å²) < 4.78 is 21.5. The van der Waals surface area contributed by atoms with Crippen molar-refractivity contribution in [1.29, 1.82) is 0 Å². The van der Waals surface area contributed by atoms with Crippen LogP contribution in [0.2, 0.25) is 0 Å². The van der Waals surface area contributed by atoms with Gasteiger partial charge in [0.05, 0.1) is 31.3 Å². The van der Waals surface area contributed by atoms with E-state index in [0.29, 0.717) is 40.3 Å². The molecular weight excluding hydrogens is 438 g/mol. The summed E-state index contributed by atoms with van der Waals surface area (Å²) in [6, 6.07) is 7.33. The molecule has 0 aromatic heterocycles. The highest BCUT2D eigenvalue weighted by molar-refractivity contribution is 6.12. The molecule has 1 aromatic carbocycles. The summed E-state index contributed by atoms with van der Waals surface area (Å²) in [7, 11) is 2.80. The lowest BCUT2D eigenvalue weighted by Crippen LogP contribution is -2.43. The molecule has 0 radical (unpaired) electrons. The normalized spacial score (nSPS) is 22.3. The first-order valence-corrected chi connectivity index (χ1v) is 11.5. The lowest BCUT2D eigenvalue weighted by atomic mass is 9.69. The molecule has 8 heteroatoms. The van der Waals surface area contributed by atoms with Crippen LogP contribution in [-0.2, 0) is 28.6 Å². The Balaban J connectivity index is 2.18. The van der Waals surface area contributed by atoms with Crippen LogP contribution < -0.4 is 10.1 Å². The molecule has 8 nitrogen and oxygen atoms in total. The Morgan fingerprint density at radius 2 is 1.85 bits per heavy atom. The van der Waals surface area contributed by atoms with Crippen LogP contribution >= 0.6 is 0 Å². The minimum atomic E-state index is -0.949. The average molecular weight is 472 g/mol. The van der Waals surface area contributed by atoms with E-state index in [1.165, 1.54) is 14.2 Å². The maximum absolute atomic E-state index is 13.8. The molecule has 1 aliphatic carbocycles. The number of nitrogens with one attached hydrogen (secondary N) is 1. The van der Waals surface area contributed by atoms with Gasteiger partial charge in [-0.05, 0) is 39.2 Å². The van der Waals surface area contributed by atoms with Crippen LogP contribution in [0.5, 0.6) is 5.75 Å². The number of esters is 2. The third-order valence-corrected chi connectivity index (χ3v) is 6.08. The van der Waals surface area contributed by atoms with Crippen molar-refractivity contribution >= 4 is 17.7 Å². The molecule has 0 bridgehead atoms. The van der Waals surface area contributed by atoms with E-state index in [-0.39, 0.29) is 31.0 Å². The minimum absolute atomic E-state index is 0.0741. The van der Waals surface area contributed by atoms with Crippen LogP contribution in [0, 0.1) is 11.8 Å². The fourth-order valence-corrected chi connectivity index (χ4v) is 4.64. The van der Waals surface area contributed by atoms with Gasteiger partial charge < -0.3 is 24.3 Å². The van der Waals surface area contributed by atoms with Gasteiger partial charge in [-0.15, -0.1) is 0 Å². The smallest absolute Gasteiger partial charge is 0.336 e. The second-order valence-corrected chi connectivity index (χ2v) is 8.87. The zero-order valence-electron chi connectivity index (χ0n) is 20.6. The Morgan fingerprint density at radius 3 is 2.50 bits per heavy atom. The third kappa shape index (κ3) is 5.01. The Bertz CT molecular complexity index is 1020. The van der Waals surface area contributed by atoms with Gasteiger partial charge in [0.15, 0.2) is 5.78 Å². The fraction of sp³-hybridized carbons (Fsp3) is 0.500. The van der Waals surface area contributed by atoms with E-state index < -0.39 is 23.8 Å². The number of para-hydroxylation sites is 1. The molecule has 3 rings (SSSR count). The van der Waals surface area contributed by atoms with E-state index in [1.807, 2.05) is 45.0 Å². The topological polar surface area (TPSA) is 100 Å². The molecule has 0 saturated carbocycles. The van der Waals surface area contributed by atoms with Gasteiger partial charge in [-0.2, -0.15) is 0 Å². The van der Waals surface area contributed by atoms with E-state index in [9.17, 15) is 14.4 Å². The van der Waals surface area contributed by atoms with Gasteiger partial charge in [-0.25, -0.2) is 4.79 Å². The van der Waals surface area contributed by atoms with Gasteiger partial charge in [0.25, 0.3) is 0 Å². The summed E-state index contributed by atoms with van der Waals surface area (Å²) in [6.07, 6.45) is 0.344. The second kappa shape index (κ2) is 10.9. The summed E-state index contributed by atoms with van der Waals surface area (Å²) in [5.41, 5.74) is 2.64. The minimum Gasteiger partial charge on any atom is -0.491 e. The molecule has 0 amide bonds. The molecule has 34 heavy (non-hydrogen) atoms. The van der Waals surface area contributed by atoms with Gasteiger partial charge in [0, 0.05) is 29.6 Å². The largest absolute Gasteiger partial charge is 0.491 e.